The van der Waals surface area contributed by atoms with Gasteiger partial charge in [-0.05, 0) is 48.8 Å². The van der Waals surface area contributed by atoms with Gasteiger partial charge in [0.1, 0.15) is 0 Å². The van der Waals surface area contributed by atoms with Crippen molar-refractivity contribution in [3.63, 3.8) is 0 Å². The minimum atomic E-state index is -0.777. The first-order valence-corrected chi connectivity index (χ1v) is 9.50. The molecular formula is C20H28N2O2. The minimum absolute atomic E-state index is 0.00909. The molecule has 3 aliphatic rings. The van der Waals surface area contributed by atoms with Gasteiger partial charge in [0.05, 0.1) is 5.60 Å². The van der Waals surface area contributed by atoms with E-state index in [0.717, 1.165) is 48.5 Å². The molecule has 2 heterocycles. The molecule has 1 saturated heterocycles. The Balaban J connectivity index is 1.40. The van der Waals surface area contributed by atoms with Gasteiger partial charge in [-0.3, -0.25) is 4.79 Å². The summed E-state index contributed by atoms with van der Waals surface area (Å²) in [7, 11) is 0. The van der Waals surface area contributed by atoms with Gasteiger partial charge >= 0.3 is 0 Å². The lowest BCUT2D eigenvalue weighted by molar-refractivity contribution is -0.0298. The van der Waals surface area contributed by atoms with Crippen molar-refractivity contribution in [1.29, 1.82) is 0 Å². The van der Waals surface area contributed by atoms with Gasteiger partial charge in [-0.1, -0.05) is 31.4 Å². The van der Waals surface area contributed by atoms with Crippen molar-refractivity contribution >= 4 is 5.91 Å². The zero-order chi connectivity index (χ0) is 16.6. The Kier molecular flexibility index (Phi) is 4.35. The summed E-state index contributed by atoms with van der Waals surface area (Å²) in [6, 6.07) is 5.92. The van der Waals surface area contributed by atoms with E-state index in [4.69, 9.17) is 0 Å². The zero-order valence-electron chi connectivity index (χ0n) is 14.4. The van der Waals surface area contributed by atoms with Gasteiger partial charge in [0.25, 0.3) is 5.91 Å². The first-order chi connectivity index (χ1) is 11.6. The van der Waals surface area contributed by atoms with Gasteiger partial charge in [0.2, 0.25) is 0 Å². The van der Waals surface area contributed by atoms with E-state index in [-0.39, 0.29) is 5.91 Å². The number of hydrogen-bond donors (Lipinski definition) is 2. The zero-order valence-corrected chi connectivity index (χ0v) is 14.4. The summed E-state index contributed by atoms with van der Waals surface area (Å²) in [6.45, 7) is 3.72. The first-order valence-electron chi connectivity index (χ1n) is 9.50. The van der Waals surface area contributed by atoms with Crippen LogP contribution in [0.1, 0.15) is 66.4 Å². The van der Waals surface area contributed by atoms with Crippen LogP contribution >= 0.6 is 0 Å². The van der Waals surface area contributed by atoms with Crippen LogP contribution in [0.4, 0.5) is 0 Å². The predicted octanol–water partition coefficient (Wildman–Crippen LogP) is 2.79. The van der Waals surface area contributed by atoms with Crippen LogP contribution in [-0.2, 0) is 12.1 Å². The number of piperidine rings is 1. The number of likely N-dealkylation sites (tertiary alicyclic amines) is 1. The van der Waals surface area contributed by atoms with Crippen LogP contribution in [0.2, 0.25) is 0 Å². The predicted molar refractivity (Wildman–Crippen MR) is 93.8 cm³/mol. The maximum absolute atomic E-state index is 11.9. The molecule has 24 heavy (non-hydrogen) atoms. The van der Waals surface area contributed by atoms with Crippen LogP contribution in [0.3, 0.4) is 0 Å². The maximum atomic E-state index is 11.9. The van der Waals surface area contributed by atoms with Crippen molar-refractivity contribution in [1.82, 2.24) is 10.2 Å². The molecule has 0 spiro atoms. The molecule has 0 atom stereocenters. The highest BCUT2D eigenvalue weighted by molar-refractivity contribution is 5.98. The Labute approximate surface area is 144 Å². The number of nitrogens with one attached hydrogen (secondary N) is 1. The van der Waals surface area contributed by atoms with Crippen molar-refractivity contribution in [3.8, 4) is 0 Å². The Morgan fingerprint density at radius 1 is 1.17 bits per heavy atom. The second kappa shape index (κ2) is 6.49. The van der Waals surface area contributed by atoms with Gasteiger partial charge in [0, 0.05) is 31.7 Å². The molecule has 0 aromatic heterocycles. The second-order valence-electron chi connectivity index (χ2n) is 7.89. The van der Waals surface area contributed by atoms with Crippen LogP contribution in [0.15, 0.2) is 18.2 Å². The van der Waals surface area contributed by atoms with E-state index in [1.807, 2.05) is 18.2 Å². The van der Waals surface area contributed by atoms with Gasteiger partial charge in [0.15, 0.2) is 0 Å². The lowest BCUT2D eigenvalue weighted by Crippen LogP contribution is -2.44. The minimum Gasteiger partial charge on any atom is -0.385 e. The molecule has 1 aromatic carbocycles. The highest BCUT2D eigenvalue weighted by Crippen LogP contribution is 2.35. The molecule has 2 fully saturated rings. The van der Waals surface area contributed by atoms with Crippen molar-refractivity contribution in [3.05, 3.63) is 34.9 Å². The molecule has 4 rings (SSSR count). The maximum Gasteiger partial charge on any atom is 0.251 e. The lowest BCUT2D eigenvalue weighted by Gasteiger charge is -2.40. The third kappa shape index (κ3) is 3.09. The number of aliphatic hydroxyl groups is 1. The summed E-state index contributed by atoms with van der Waals surface area (Å²) < 4.78 is 0. The van der Waals surface area contributed by atoms with Gasteiger partial charge in [-0.25, -0.2) is 0 Å². The van der Waals surface area contributed by atoms with Gasteiger partial charge < -0.3 is 15.3 Å². The molecule has 1 amide bonds. The number of benzene rings is 1. The third-order valence-electron chi connectivity index (χ3n) is 6.26. The largest absolute Gasteiger partial charge is 0.385 e. The number of nitrogens with zero attached hydrogens (tertiary/aromatic N) is 1. The topological polar surface area (TPSA) is 52.6 Å². The SMILES string of the molecule is O=C1NCc2ccc(C3(O)CCN(CC4CCCCC4)CC3)cc21. The summed E-state index contributed by atoms with van der Waals surface area (Å²) in [5.74, 6) is 0.846. The fourth-order valence-electron chi connectivity index (χ4n) is 4.63. The number of carbonyl (C=O) groups is 1. The van der Waals surface area contributed by atoms with Crippen molar-refractivity contribution < 1.29 is 9.90 Å². The highest BCUT2D eigenvalue weighted by Gasteiger charge is 2.35. The number of amides is 1. The molecule has 1 aliphatic carbocycles. The summed E-state index contributed by atoms with van der Waals surface area (Å²) in [6.07, 6.45) is 8.46. The quantitative estimate of drug-likeness (QED) is 0.897. The van der Waals surface area contributed by atoms with Crippen LogP contribution < -0.4 is 5.32 Å². The van der Waals surface area contributed by atoms with E-state index < -0.39 is 5.60 Å². The summed E-state index contributed by atoms with van der Waals surface area (Å²) in [5, 5.41) is 14.0. The Morgan fingerprint density at radius 3 is 2.67 bits per heavy atom. The molecular weight excluding hydrogens is 300 g/mol. The molecule has 130 valence electrons. The van der Waals surface area contributed by atoms with E-state index in [2.05, 4.69) is 10.2 Å². The van der Waals surface area contributed by atoms with E-state index in [1.165, 1.54) is 38.6 Å². The van der Waals surface area contributed by atoms with Crippen molar-refractivity contribution in [2.24, 2.45) is 5.92 Å². The molecule has 4 heteroatoms. The summed E-state index contributed by atoms with van der Waals surface area (Å²) >= 11 is 0. The van der Waals surface area contributed by atoms with E-state index in [1.54, 1.807) is 0 Å². The number of carbonyl (C=O) groups excluding carboxylic acids is 1. The molecule has 1 aromatic rings. The Hall–Kier alpha value is -1.39. The van der Waals surface area contributed by atoms with Crippen LogP contribution in [0.5, 0.6) is 0 Å². The van der Waals surface area contributed by atoms with E-state index in [0.29, 0.717) is 6.54 Å². The molecule has 4 nitrogen and oxygen atoms in total. The monoisotopic (exact) mass is 328 g/mol. The van der Waals surface area contributed by atoms with Gasteiger partial charge in [-0.15, -0.1) is 0 Å². The standard InChI is InChI=1S/C20H28N2O2/c23-19-18-12-17(7-6-16(18)13-21-19)20(24)8-10-22(11-9-20)14-15-4-2-1-3-5-15/h6-7,12,15,24H,1-5,8-11,13-14H2,(H,21,23). The highest BCUT2D eigenvalue weighted by atomic mass is 16.3. The Morgan fingerprint density at radius 2 is 1.92 bits per heavy atom. The Bertz CT molecular complexity index is 614. The molecule has 0 radical (unpaired) electrons. The average molecular weight is 328 g/mol. The first kappa shape index (κ1) is 16.1. The third-order valence-corrected chi connectivity index (χ3v) is 6.26. The van der Waals surface area contributed by atoms with Crippen molar-refractivity contribution in [2.45, 2.75) is 57.1 Å². The van der Waals surface area contributed by atoms with Crippen LogP contribution in [0.25, 0.3) is 0 Å². The number of rotatable bonds is 3. The van der Waals surface area contributed by atoms with Crippen molar-refractivity contribution in [2.75, 3.05) is 19.6 Å². The molecule has 2 aliphatic heterocycles. The lowest BCUT2D eigenvalue weighted by atomic mass is 9.82. The van der Waals surface area contributed by atoms with Crippen LogP contribution in [0, 0.1) is 5.92 Å². The van der Waals surface area contributed by atoms with Crippen LogP contribution in [-0.4, -0.2) is 35.5 Å². The number of hydrogen-bond acceptors (Lipinski definition) is 3. The average Bonchev–Trinajstić information content (AvgIpc) is 2.99. The summed E-state index contributed by atoms with van der Waals surface area (Å²) in [5.41, 5.74) is 1.92. The van der Waals surface area contributed by atoms with E-state index >= 15 is 0 Å². The van der Waals surface area contributed by atoms with E-state index in [9.17, 15) is 9.90 Å². The number of fused-ring (bicyclic) bond motifs is 1. The summed E-state index contributed by atoms with van der Waals surface area (Å²) in [4.78, 5) is 14.4. The normalized spacial score (nSPS) is 24.6. The molecule has 0 bridgehead atoms. The fourth-order valence-corrected chi connectivity index (χ4v) is 4.63. The molecule has 1 saturated carbocycles. The van der Waals surface area contributed by atoms with Gasteiger partial charge in [-0.2, -0.15) is 0 Å². The molecule has 2 N–H and O–H groups in total. The second-order valence-corrected chi connectivity index (χ2v) is 7.89. The fraction of sp³-hybridized carbons (Fsp3) is 0.650. The smallest absolute Gasteiger partial charge is 0.251 e. The molecule has 0 unspecified atom stereocenters.